The standard InChI is InChI=1S/C24H18Cl3N3O3/c1-13-9-15(10-16(12-28)23(31)29-21-6-4-5-19(25)22(21)27)14(2)30(13)17-7-8-18(20(26)11-17)24(32)33-3/h4-11H,1-3H3,(H,29,31)/b16-10-. The molecule has 1 aromatic heterocycles. The number of nitrogens with one attached hydrogen (secondary N) is 1. The van der Waals surface area contributed by atoms with E-state index in [2.05, 4.69) is 5.32 Å². The molecule has 168 valence electrons. The summed E-state index contributed by atoms with van der Waals surface area (Å²) in [7, 11) is 1.29. The van der Waals surface area contributed by atoms with Gasteiger partial charge >= 0.3 is 5.97 Å². The molecule has 0 atom stereocenters. The van der Waals surface area contributed by atoms with Crippen LogP contribution in [0.3, 0.4) is 0 Å². The van der Waals surface area contributed by atoms with Gasteiger partial charge in [0.2, 0.25) is 0 Å². The highest BCUT2D eigenvalue weighted by molar-refractivity contribution is 6.44. The van der Waals surface area contributed by atoms with Gasteiger partial charge in [-0.3, -0.25) is 4.79 Å². The number of ether oxygens (including phenoxy) is 1. The third kappa shape index (κ3) is 5.07. The SMILES string of the molecule is COC(=O)c1ccc(-n2c(C)cc(/C=C(/C#N)C(=O)Nc3cccc(Cl)c3Cl)c2C)cc1Cl. The molecule has 1 amide bonds. The van der Waals surface area contributed by atoms with Crippen LogP contribution in [-0.4, -0.2) is 23.6 Å². The quantitative estimate of drug-likeness (QED) is 0.249. The molecule has 9 heteroatoms. The Morgan fingerprint density at radius 1 is 1.09 bits per heavy atom. The summed E-state index contributed by atoms with van der Waals surface area (Å²) in [5.41, 5.74) is 3.47. The van der Waals surface area contributed by atoms with Crippen molar-refractivity contribution >= 4 is 58.4 Å². The fourth-order valence-corrected chi connectivity index (χ4v) is 3.94. The minimum atomic E-state index is -0.614. The first-order valence-corrected chi connectivity index (χ1v) is 10.8. The Labute approximate surface area is 205 Å². The maximum atomic E-state index is 12.7. The molecular formula is C24H18Cl3N3O3. The van der Waals surface area contributed by atoms with Crippen molar-refractivity contribution in [3.8, 4) is 11.8 Å². The number of methoxy groups -OCH3 is 1. The first kappa shape index (κ1) is 24.4. The number of esters is 1. The fraction of sp³-hybridized carbons (Fsp3) is 0.125. The van der Waals surface area contributed by atoms with E-state index in [1.807, 2.05) is 30.6 Å². The van der Waals surface area contributed by atoms with E-state index >= 15 is 0 Å². The van der Waals surface area contributed by atoms with Crippen LogP contribution in [0.4, 0.5) is 5.69 Å². The van der Waals surface area contributed by atoms with Gasteiger partial charge in [0.05, 0.1) is 33.4 Å². The molecule has 0 unspecified atom stereocenters. The molecule has 0 aliphatic carbocycles. The molecule has 3 aromatic rings. The van der Waals surface area contributed by atoms with Crippen LogP contribution in [-0.2, 0) is 9.53 Å². The molecule has 33 heavy (non-hydrogen) atoms. The van der Waals surface area contributed by atoms with Crippen molar-refractivity contribution in [2.24, 2.45) is 0 Å². The Kier molecular flexibility index (Phi) is 7.50. The molecule has 6 nitrogen and oxygen atoms in total. The lowest BCUT2D eigenvalue weighted by Gasteiger charge is -2.12. The molecular weight excluding hydrogens is 485 g/mol. The Morgan fingerprint density at radius 3 is 2.45 bits per heavy atom. The lowest BCUT2D eigenvalue weighted by atomic mass is 10.1. The van der Waals surface area contributed by atoms with Gasteiger partial charge in [-0.1, -0.05) is 40.9 Å². The van der Waals surface area contributed by atoms with E-state index in [9.17, 15) is 14.9 Å². The lowest BCUT2D eigenvalue weighted by Crippen LogP contribution is -2.13. The summed E-state index contributed by atoms with van der Waals surface area (Å²) in [6, 6.07) is 13.6. The van der Waals surface area contributed by atoms with Crippen LogP contribution in [0.5, 0.6) is 0 Å². The van der Waals surface area contributed by atoms with Crippen LogP contribution in [0.2, 0.25) is 15.1 Å². The second kappa shape index (κ2) is 10.1. The summed E-state index contributed by atoms with van der Waals surface area (Å²) in [6.45, 7) is 3.73. The molecule has 0 bridgehead atoms. The predicted molar refractivity (Wildman–Crippen MR) is 130 cm³/mol. The van der Waals surface area contributed by atoms with E-state index in [-0.39, 0.29) is 26.2 Å². The normalized spacial score (nSPS) is 11.1. The summed E-state index contributed by atoms with van der Waals surface area (Å²) in [6.07, 6.45) is 1.50. The van der Waals surface area contributed by atoms with Crippen LogP contribution in [0, 0.1) is 25.2 Å². The van der Waals surface area contributed by atoms with Gasteiger partial charge in [-0.05, 0) is 61.9 Å². The third-order valence-corrected chi connectivity index (χ3v) is 6.08. The number of rotatable bonds is 5. The van der Waals surface area contributed by atoms with Crippen LogP contribution in [0.15, 0.2) is 48.0 Å². The number of nitriles is 1. The zero-order valence-electron chi connectivity index (χ0n) is 17.9. The summed E-state index contributed by atoms with van der Waals surface area (Å²) in [4.78, 5) is 24.5. The van der Waals surface area contributed by atoms with Gasteiger partial charge in [-0.15, -0.1) is 0 Å². The first-order chi connectivity index (χ1) is 15.7. The van der Waals surface area contributed by atoms with Crippen LogP contribution >= 0.6 is 34.8 Å². The maximum Gasteiger partial charge on any atom is 0.339 e. The molecule has 1 heterocycles. The van der Waals surface area contributed by atoms with Crippen LogP contribution < -0.4 is 5.32 Å². The Bertz CT molecular complexity index is 1340. The smallest absolute Gasteiger partial charge is 0.339 e. The number of benzene rings is 2. The topological polar surface area (TPSA) is 84.1 Å². The van der Waals surface area contributed by atoms with Crippen LogP contribution in [0.25, 0.3) is 11.8 Å². The molecule has 0 saturated carbocycles. The van der Waals surface area contributed by atoms with E-state index in [0.29, 0.717) is 11.3 Å². The van der Waals surface area contributed by atoms with Gasteiger partial charge in [0.25, 0.3) is 5.91 Å². The molecule has 1 N–H and O–H groups in total. The van der Waals surface area contributed by atoms with Crippen molar-refractivity contribution in [3.63, 3.8) is 0 Å². The molecule has 2 aromatic carbocycles. The van der Waals surface area contributed by atoms with E-state index in [0.717, 1.165) is 17.1 Å². The highest BCUT2D eigenvalue weighted by Crippen LogP contribution is 2.30. The number of nitrogens with zero attached hydrogens (tertiary/aromatic N) is 2. The molecule has 0 aliphatic rings. The van der Waals surface area contributed by atoms with Gasteiger partial charge in [0, 0.05) is 17.1 Å². The van der Waals surface area contributed by atoms with E-state index < -0.39 is 11.9 Å². The summed E-state index contributed by atoms with van der Waals surface area (Å²) in [5, 5.41) is 12.9. The lowest BCUT2D eigenvalue weighted by molar-refractivity contribution is -0.112. The third-order valence-electron chi connectivity index (χ3n) is 4.95. The summed E-state index contributed by atoms with van der Waals surface area (Å²) < 4.78 is 6.63. The fourth-order valence-electron chi connectivity index (χ4n) is 3.34. The van der Waals surface area contributed by atoms with E-state index in [1.54, 1.807) is 36.4 Å². The number of halogens is 3. The molecule has 0 radical (unpaired) electrons. The van der Waals surface area contributed by atoms with E-state index in [4.69, 9.17) is 39.5 Å². The van der Waals surface area contributed by atoms with Gasteiger partial charge in [0.1, 0.15) is 11.6 Å². The average Bonchev–Trinajstić information content (AvgIpc) is 3.07. The number of hydrogen-bond donors (Lipinski definition) is 1. The Morgan fingerprint density at radius 2 is 1.82 bits per heavy atom. The minimum absolute atomic E-state index is 0.106. The first-order valence-electron chi connectivity index (χ1n) is 9.62. The Hall–Kier alpha value is -3.24. The molecule has 3 rings (SSSR count). The number of carbonyl (C=O) groups is 2. The maximum absolute atomic E-state index is 12.7. The van der Waals surface area contributed by atoms with Gasteiger partial charge in [0.15, 0.2) is 0 Å². The largest absolute Gasteiger partial charge is 0.465 e. The van der Waals surface area contributed by atoms with Crippen molar-refractivity contribution in [2.75, 3.05) is 12.4 Å². The number of amides is 1. The van der Waals surface area contributed by atoms with Gasteiger partial charge in [-0.2, -0.15) is 5.26 Å². The zero-order valence-corrected chi connectivity index (χ0v) is 20.1. The van der Waals surface area contributed by atoms with Crippen molar-refractivity contribution in [3.05, 3.63) is 85.6 Å². The van der Waals surface area contributed by atoms with Crippen molar-refractivity contribution < 1.29 is 14.3 Å². The number of aromatic nitrogens is 1. The molecule has 0 spiro atoms. The average molecular weight is 503 g/mol. The highest BCUT2D eigenvalue weighted by atomic mass is 35.5. The number of hydrogen-bond acceptors (Lipinski definition) is 4. The Balaban J connectivity index is 1.96. The molecule has 0 fully saturated rings. The van der Waals surface area contributed by atoms with Gasteiger partial charge < -0.3 is 14.6 Å². The van der Waals surface area contributed by atoms with Crippen molar-refractivity contribution in [1.82, 2.24) is 4.57 Å². The predicted octanol–water partition coefficient (Wildman–Crippen LogP) is 6.39. The highest BCUT2D eigenvalue weighted by Gasteiger charge is 2.17. The number of aryl methyl sites for hydroxylation is 1. The molecule has 0 saturated heterocycles. The summed E-state index contributed by atoms with van der Waals surface area (Å²) >= 11 is 18.4. The second-order valence-corrected chi connectivity index (χ2v) is 8.24. The number of anilines is 1. The van der Waals surface area contributed by atoms with Crippen molar-refractivity contribution in [1.29, 1.82) is 5.26 Å². The monoisotopic (exact) mass is 501 g/mol. The second-order valence-electron chi connectivity index (χ2n) is 7.04. The zero-order chi connectivity index (χ0) is 24.3. The minimum Gasteiger partial charge on any atom is -0.465 e. The summed E-state index contributed by atoms with van der Waals surface area (Å²) in [5.74, 6) is -1.14. The van der Waals surface area contributed by atoms with E-state index in [1.165, 1.54) is 13.2 Å². The van der Waals surface area contributed by atoms with Crippen molar-refractivity contribution in [2.45, 2.75) is 13.8 Å². The number of carbonyl (C=O) groups excluding carboxylic acids is 2. The van der Waals surface area contributed by atoms with Crippen LogP contribution in [0.1, 0.15) is 27.3 Å². The van der Waals surface area contributed by atoms with Gasteiger partial charge in [-0.25, -0.2) is 4.79 Å². The molecule has 0 aliphatic heterocycles.